The molecule has 0 radical (unpaired) electrons. The van der Waals surface area contributed by atoms with Gasteiger partial charge in [0.05, 0.1) is 0 Å². The van der Waals surface area contributed by atoms with Crippen LogP contribution in [0.3, 0.4) is 0 Å². The zero-order chi connectivity index (χ0) is 14.6. The van der Waals surface area contributed by atoms with E-state index in [1.54, 1.807) is 6.20 Å². The second-order valence-corrected chi connectivity index (χ2v) is 6.10. The summed E-state index contributed by atoms with van der Waals surface area (Å²) in [6.07, 6.45) is 4.85. The minimum atomic E-state index is 0.0304. The van der Waals surface area contributed by atoms with Gasteiger partial charge in [0.15, 0.2) is 5.82 Å². The molecule has 0 saturated carbocycles. The molecule has 108 valence electrons. The first kappa shape index (κ1) is 14.7. The van der Waals surface area contributed by atoms with E-state index in [-0.39, 0.29) is 5.41 Å². The minimum Gasteiger partial charge on any atom is -0.313 e. The van der Waals surface area contributed by atoms with E-state index in [1.807, 2.05) is 16.9 Å². The largest absolute Gasteiger partial charge is 0.313 e. The Morgan fingerprint density at radius 2 is 2.05 bits per heavy atom. The zero-order valence-electron chi connectivity index (χ0n) is 12.8. The molecule has 4 nitrogen and oxygen atoms in total. The van der Waals surface area contributed by atoms with E-state index in [4.69, 9.17) is 4.98 Å². The van der Waals surface area contributed by atoms with Crippen molar-refractivity contribution in [2.75, 3.05) is 6.54 Å². The topological polar surface area (TPSA) is 42.7 Å². The van der Waals surface area contributed by atoms with Crippen LogP contribution in [0.4, 0.5) is 0 Å². The van der Waals surface area contributed by atoms with Crippen molar-refractivity contribution in [2.45, 2.75) is 46.1 Å². The van der Waals surface area contributed by atoms with Gasteiger partial charge in [-0.1, -0.05) is 27.7 Å². The van der Waals surface area contributed by atoms with E-state index in [0.29, 0.717) is 0 Å². The average Bonchev–Trinajstić information content (AvgIpc) is 2.91. The molecule has 0 fully saturated rings. The quantitative estimate of drug-likeness (QED) is 0.851. The lowest BCUT2D eigenvalue weighted by Gasteiger charge is -2.20. The number of nitrogens with zero attached hydrogens (tertiary/aromatic N) is 3. The summed E-state index contributed by atoms with van der Waals surface area (Å²) in [5.41, 5.74) is 2.38. The molecule has 0 atom stereocenters. The van der Waals surface area contributed by atoms with E-state index in [9.17, 15) is 0 Å². The second kappa shape index (κ2) is 6.18. The fourth-order valence-corrected chi connectivity index (χ4v) is 1.99. The Labute approximate surface area is 121 Å². The van der Waals surface area contributed by atoms with Crippen molar-refractivity contribution in [3.8, 4) is 5.82 Å². The fourth-order valence-electron chi connectivity index (χ4n) is 1.99. The summed E-state index contributed by atoms with van der Waals surface area (Å²) in [4.78, 5) is 4.75. The van der Waals surface area contributed by atoms with Crippen LogP contribution in [0.5, 0.6) is 0 Å². The van der Waals surface area contributed by atoms with Gasteiger partial charge in [-0.15, -0.1) is 0 Å². The maximum Gasteiger partial charge on any atom is 0.153 e. The summed E-state index contributed by atoms with van der Waals surface area (Å²) in [6.45, 7) is 10.6. The van der Waals surface area contributed by atoms with Crippen LogP contribution in [0.1, 0.15) is 45.4 Å². The van der Waals surface area contributed by atoms with Crippen molar-refractivity contribution in [1.29, 1.82) is 0 Å². The Bertz CT molecular complexity index is 538. The number of rotatable bonds is 5. The van der Waals surface area contributed by atoms with Crippen molar-refractivity contribution in [1.82, 2.24) is 20.1 Å². The van der Waals surface area contributed by atoms with E-state index in [2.05, 4.69) is 50.2 Å². The Morgan fingerprint density at radius 1 is 1.25 bits per heavy atom. The predicted octanol–water partition coefficient (Wildman–Crippen LogP) is 3.06. The SMILES string of the molecule is CCCNCc1cc(-n2cccn2)nc(C(C)(C)C)c1. The molecule has 0 aromatic carbocycles. The standard InChI is InChI=1S/C16H24N4/c1-5-7-17-12-13-10-14(16(2,3)4)19-15(11-13)20-9-6-8-18-20/h6,8-11,17H,5,7,12H2,1-4H3. The molecule has 2 rings (SSSR count). The molecule has 20 heavy (non-hydrogen) atoms. The first-order chi connectivity index (χ1) is 9.50. The van der Waals surface area contributed by atoms with Crippen LogP contribution >= 0.6 is 0 Å². The Hall–Kier alpha value is -1.68. The smallest absolute Gasteiger partial charge is 0.153 e. The Morgan fingerprint density at radius 3 is 2.65 bits per heavy atom. The molecule has 0 aliphatic carbocycles. The summed E-state index contributed by atoms with van der Waals surface area (Å²) in [5, 5.41) is 7.73. The van der Waals surface area contributed by atoms with E-state index in [1.165, 1.54) is 5.56 Å². The van der Waals surface area contributed by atoms with E-state index < -0.39 is 0 Å². The third-order valence-corrected chi connectivity index (χ3v) is 3.14. The van der Waals surface area contributed by atoms with E-state index in [0.717, 1.165) is 31.0 Å². The summed E-state index contributed by atoms with van der Waals surface area (Å²) in [5.74, 6) is 0.885. The number of hydrogen-bond donors (Lipinski definition) is 1. The predicted molar refractivity (Wildman–Crippen MR) is 82.1 cm³/mol. The number of aromatic nitrogens is 3. The molecule has 2 heterocycles. The highest BCUT2D eigenvalue weighted by Gasteiger charge is 2.17. The maximum absolute atomic E-state index is 4.75. The molecule has 2 aromatic rings. The first-order valence-corrected chi connectivity index (χ1v) is 7.23. The van der Waals surface area contributed by atoms with Crippen molar-refractivity contribution >= 4 is 0 Å². The van der Waals surface area contributed by atoms with Gasteiger partial charge in [-0.25, -0.2) is 9.67 Å². The van der Waals surface area contributed by atoms with Crippen molar-refractivity contribution in [2.24, 2.45) is 0 Å². The molecule has 1 N–H and O–H groups in total. The minimum absolute atomic E-state index is 0.0304. The van der Waals surface area contributed by atoms with Gasteiger partial charge in [-0.3, -0.25) is 0 Å². The van der Waals surface area contributed by atoms with Gasteiger partial charge < -0.3 is 5.32 Å². The summed E-state index contributed by atoms with van der Waals surface area (Å²) >= 11 is 0. The normalized spacial score (nSPS) is 11.8. The molecule has 2 aromatic heterocycles. The van der Waals surface area contributed by atoms with E-state index >= 15 is 0 Å². The highest BCUT2D eigenvalue weighted by Crippen LogP contribution is 2.22. The highest BCUT2D eigenvalue weighted by atomic mass is 15.3. The van der Waals surface area contributed by atoms with Crippen LogP contribution in [-0.4, -0.2) is 21.3 Å². The fraction of sp³-hybridized carbons (Fsp3) is 0.500. The lowest BCUT2D eigenvalue weighted by atomic mass is 9.90. The molecule has 0 aliphatic rings. The molecular weight excluding hydrogens is 248 g/mol. The Balaban J connectivity index is 2.34. The van der Waals surface area contributed by atoms with Crippen molar-refractivity contribution in [3.05, 3.63) is 41.9 Å². The molecule has 0 aliphatic heterocycles. The zero-order valence-corrected chi connectivity index (χ0v) is 12.8. The van der Waals surface area contributed by atoms with Crippen LogP contribution in [0, 0.1) is 0 Å². The number of pyridine rings is 1. The lowest BCUT2D eigenvalue weighted by molar-refractivity contribution is 0.563. The summed E-state index contributed by atoms with van der Waals surface area (Å²) < 4.78 is 1.82. The molecule has 0 spiro atoms. The highest BCUT2D eigenvalue weighted by molar-refractivity contribution is 5.32. The molecule has 0 amide bonds. The molecule has 4 heteroatoms. The molecular formula is C16H24N4. The first-order valence-electron chi connectivity index (χ1n) is 7.23. The lowest BCUT2D eigenvalue weighted by Crippen LogP contribution is -2.19. The van der Waals surface area contributed by atoms with Gasteiger partial charge in [0.2, 0.25) is 0 Å². The number of nitrogens with one attached hydrogen (secondary N) is 1. The van der Waals surface area contributed by atoms with Gasteiger partial charge in [-0.05, 0) is 36.7 Å². The van der Waals surface area contributed by atoms with Crippen LogP contribution in [0.15, 0.2) is 30.6 Å². The van der Waals surface area contributed by atoms with Crippen LogP contribution < -0.4 is 5.32 Å². The third-order valence-electron chi connectivity index (χ3n) is 3.14. The Kier molecular flexibility index (Phi) is 4.55. The average molecular weight is 272 g/mol. The van der Waals surface area contributed by atoms with Gasteiger partial charge in [0, 0.05) is 30.0 Å². The van der Waals surface area contributed by atoms with Crippen LogP contribution in [0.2, 0.25) is 0 Å². The molecule has 0 unspecified atom stereocenters. The van der Waals surface area contributed by atoms with Crippen molar-refractivity contribution < 1.29 is 0 Å². The monoisotopic (exact) mass is 272 g/mol. The van der Waals surface area contributed by atoms with Gasteiger partial charge in [0.1, 0.15) is 0 Å². The summed E-state index contributed by atoms with van der Waals surface area (Å²) in [7, 11) is 0. The summed E-state index contributed by atoms with van der Waals surface area (Å²) in [6, 6.07) is 6.21. The maximum atomic E-state index is 4.75. The molecule has 0 bridgehead atoms. The second-order valence-electron chi connectivity index (χ2n) is 6.10. The van der Waals surface area contributed by atoms with Crippen LogP contribution in [0.25, 0.3) is 5.82 Å². The van der Waals surface area contributed by atoms with Gasteiger partial charge in [0.25, 0.3) is 0 Å². The van der Waals surface area contributed by atoms with Gasteiger partial charge >= 0.3 is 0 Å². The number of hydrogen-bond acceptors (Lipinski definition) is 3. The van der Waals surface area contributed by atoms with Gasteiger partial charge in [-0.2, -0.15) is 5.10 Å². The van der Waals surface area contributed by atoms with Crippen LogP contribution in [-0.2, 0) is 12.0 Å². The van der Waals surface area contributed by atoms with Crippen molar-refractivity contribution in [3.63, 3.8) is 0 Å². The molecule has 0 saturated heterocycles. The third kappa shape index (κ3) is 3.67.